The van der Waals surface area contributed by atoms with Crippen molar-refractivity contribution in [3.05, 3.63) is 0 Å². The number of methoxy groups -OCH3 is 1. The van der Waals surface area contributed by atoms with E-state index in [-0.39, 0.29) is 23.4 Å². The zero-order valence-electron chi connectivity index (χ0n) is 20.0. The summed E-state index contributed by atoms with van der Waals surface area (Å²) in [4.78, 5) is 39.8. The summed E-state index contributed by atoms with van der Waals surface area (Å²) in [5, 5.41) is 0. The maximum Gasteiger partial charge on any atom is 0.410 e. The SMILES string of the molecule is COC(=O)CCCCCCCC(=O)N1CCC2(CC1)CCN(C(=O)OC(C)(C)C)CC2. The van der Waals surface area contributed by atoms with E-state index in [9.17, 15) is 14.4 Å². The second-order valence-corrected chi connectivity index (χ2v) is 10.2. The van der Waals surface area contributed by atoms with Crippen molar-refractivity contribution in [3.8, 4) is 0 Å². The van der Waals surface area contributed by atoms with Crippen LogP contribution in [-0.4, -0.2) is 66.7 Å². The van der Waals surface area contributed by atoms with Crippen molar-refractivity contribution in [1.29, 1.82) is 0 Å². The number of hydrogen-bond donors (Lipinski definition) is 0. The fourth-order valence-corrected chi connectivity index (χ4v) is 4.56. The first-order valence-electron chi connectivity index (χ1n) is 12.0. The van der Waals surface area contributed by atoms with Gasteiger partial charge < -0.3 is 19.3 Å². The second-order valence-electron chi connectivity index (χ2n) is 10.2. The molecule has 31 heavy (non-hydrogen) atoms. The molecule has 0 aromatic rings. The fraction of sp³-hybridized carbons (Fsp3) is 0.875. The van der Waals surface area contributed by atoms with Gasteiger partial charge in [-0.3, -0.25) is 9.59 Å². The number of likely N-dealkylation sites (tertiary alicyclic amines) is 2. The van der Waals surface area contributed by atoms with Gasteiger partial charge in [0.2, 0.25) is 5.91 Å². The van der Waals surface area contributed by atoms with Gasteiger partial charge >= 0.3 is 12.1 Å². The standard InChI is InChI=1S/C24H42N2O5/c1-23(2,3)31-22(29)26-18-14-24(15-19-26)12-16-25(17-13-24)20(27)10-8-6-5-7-9-11-21(28)30-4/h5-19H2,1-4H3. The van der Waals surface area contributed by atoms with E-state index in [0.29, 0.717) is 12.8 Å². The summed E-state index contributed by atoms with van der Waals surface area (Å²) in [5.74, 6) is 0.129. The number of carbonyl (C=O) groups excluding carboxylic acids is 3. The van der Waals surface area contributed by atoms with E-state index >= 15 is 0 Å². The Bertz CT molecular complexity index is 596. The predicted molar refractivity (Wildman–Crippen MR) is 120 cm³/mol. The van der Waals surface area contributed by atoms with Gasteiger partial charge in [-0.15, -0.1) is 0 Å². The molecule has 0 bridgehead atoms. The summed E-state index contributed by atoms with van der Waals surface area (Å²) in [6.07, 6.45) is 9.85. The first-order chi connectivity index (χ1) is 14.6. The van der Waals surface area contributed by atoms with E-state index in [0.717, 1.165) is 84.0 Å². The minimum Gasteiger partial charge on any atom is -0.469 e. The van der Waals surface area contributed by atoms with Crippen molar-refractivity contribution in [2.45, 2.75) is 97.0 Å². The highest BCUT2D eigenvalue weighted by molar-refractivity contribution is 5.76. The van der Waals surface area contributed by atoms with Gasteiger partial charge in [0.1, 0.15) is 5.60 Å². The van der Waals surface area contributed by atoms with Gasteiger partial charge in [0.25, 0.3) is 0 Å². The van der Waals surface area contributed by atoms with Crippen LogP contribution >= 0.6 is 0 Å². The number of piperidine rings is 2. The molecule has 2 heterocycles. The van der Waals surface area contributed by atoms with Crippen LogP contribution in [0.25, 0.3) is 0 Å². The molecule has 0 aliphatic carbocycles. The number of hydrogen-bond acceptors (Lipinski definition) is 5. The molecule has 2 saturated heterocycles. The smallest absolute Gasteiger partial charge is 0.410 e. The second kappa shape index (κ2) is 11.7. The first kappa shape index (κ1) is 25.5. The summed E-state index contributed by atoms with van der Waals surface area (Å²) in [6, 6.07) is 0. The number of nitrogens with zero attached hydrogens (tertiary/aromatic N) is 2. The number of unbranched alkanes of at least 4 members (excludes halogenated alkanes) is 4. The molecule has 2 fully saturated rings. The Balaban J connectivity index is 1.60. The Morgan fingerprint density at radius 3 is 1.77 bits per heavy atom. The lowest BCUT2D eigenvalue weighted by Gasteiger charge is -2.46. The van der Waals surface area contributed by atoms with E-state index in [1.165, 1.54) is 7.11 Å². The minimum atomic E-state index is -0.457. The van der Waals surface area contributed by atoms with Gasteiger partial charge in [-0.2, -0.15) is 0 Å². The molecule has 0 aromatic carbocycles. The number of rotatable bonds is 8. The molecular formula is C24H42N2O5. The van der Waals surface area contributed by atoms with E-state index in [1.807, 2.05) is 30.6 Å². The highest BCUT2D eigenvalue weighted by Gasteiger charge is 2.40. The third-order valence-corrected chi connectivity index (χ3v) is 6.65. The van der Waals surface area contributed by atoms with Crippen molar-refractivity contribution in [2.75, 3.05) is 33.3 Å². The molecular weight excluding hydrogens is 396 g/mol. The highest BCUT2D eigenvalue weighted by Crippen LogP contribution is 2.41. The predicted octanol–water partition coefficient (Wildman–Crippen LogP) is 4.53. The zero-order valence-corrected chi connectivity index (χ0v) is 20.0. The van der Waals surface area contributed by atoms with Gasteiger partial charge in [-0.1, -0.05) is 19.3 Å². The van der Waals surface area contributed by atoms with Crippen LogP contribution in [0.3, 0.4) is 0 Å². The first-order valence-corrected chi connectivity index (χ1v) is 12.0. The third kappa shape index (κ3) is 8.69. The Labute approximate surface area is 187 Å². The molecule has 7 heteroatoms. The Hall–Kier alpha value is -1.79. The summed E-state index contributed by atoms with van der Waals surface area (Å²) in [6.45, 7) is 8.86. The van der Waals surface area contributed by atoms with Crippen LogP contribution in [0, 0.1) is 5.41 Å². The highest BCUT2D eigenvalue weighted by atomic mass is 16.6. The summed E-state index contributed by atoms with van der Waals surface area (Å²) < 4.78 is 10.1. The van der Waals surface area contributed by atoms with Gasteiger partial charge in [0.15, 0.2) is 0 Å². The molecule has 0 saturated carbocycles. The average Bonchev–Trinajstić information content (AvgIpc) is 2.72. The molecule has 0 radical (unpaired) electrons. The van der Waals surface area contributed by atoms with Crippen LogP contribution in [0.5, 0.6) is 0 Å². The molecule has 2 rings (SSSR count). The van der Waals surface area contributed by atoms with Crippen LogP contribution < -0.4 is 0 Å². The maximum atomic E-state index is 12.6. The summed E-state index contributed by atoms with van der Waals surface area (Å²) >= 11 is 0. The Kier molecular flexibility index (Phi) is 9.63. The number of esters is 1. The summed E-state index contributed by atoms with van der Waals surface area (Å²) in [7, 11) is 1.42. The molecule has 2 aliphatic heterocycles. The normalized spacial score (nSPS) is 18.7. The van der Waals surface area contributed by atoms with Crippen molar-refractivity contribution < 1.29 is 23.9 Å². The fourth-order valence-electron chi connectivity index (χ4n) is 4.56. The number of amides is 2. The topological polar surface area (TPSA) is 76.2 Å². The van der Waals surface area contributed by atoms with Crippen LogP contribution in [0.4, 0.5) is 4.79 Å². The van der Waals surface area contributed by atoms with Crippen molar-refractivity contribution in [2.24, 2.45) is 5.41 Å². The molecule has 2 amide bonds. The molecule has 2 aliphatic rings. The molecule has 178 valence electrons. The zero-order chi connectivity index (χ0) is 22.9. The minimum absolute atomic E-state index is 0.145. The molecule has 0 N–H and O–H groups in total. The van der Waals surface area contributed by atoms with Gasteiger partial charge in [-0.25, -0.2) is 4.79 Å². The summed E-state index contributed by atoms with van der Waals surface area (Å²) in [5.41, 5.74) is -0.185. The van der Waals surface area contributed by atoms with E-state index in [4.69, 9.17) is 4.74 Å². The van der Waals surface area contributed by atoms with E-state index in [2.05, 4.69) is 4.74 Å². The van der Waals surface area contributed by atoms with Crippen molar-refractivity contribution in [3.63, 3.8) is 0 Å². The van der Waals surface area contributed by atoms with Gasteiger partial charge in [0.05, 0.1) is 7.11 Å². The van der Waals surface area contributed by atoms with Crippen LogP contribution in [0.2, 0.25) is 0 Å². The van der Waals surface area contributed by atoms with Crippen LogP contribution in [0.1, 0.15) is 91.4 Å². The Morgan fingerprint density at radius 1 is 0.774 bits per heavy atom. The molecule has 7 nitrogen and oxygen atoms in total. The van der Waals surface area contributed by atoms with Gasteiger partial charge in [0, 0.05) is 39.0 Å². The van der Waals surface area contributed by atoms with Crippen molar-refractivity contribution >= 4 is 18.0 Å². The van der Waals surface area contributed by atoms with E-state index < -0.39 is 5.60 Å². The van der Waals surface area contributed by atoms with Crippen molar-refractivity contribution in [1.82, 2.24) is 9.80 Å². The lowest BCUT2D eigenvalue weighted by molar-refractivity contribution is -0.140. The Morgan fingerprint density at radius 2 is 1.26 bits per heavy atom. The van der Waals surface area contributed by atoms with Gasteiger partial charge in [-0.05, 0) is 64.7 Å². The number of carbonyl (C=O) groups is 3. The largest absolute Gasteiger partial charge is 0.469 e. The lowest BCUT2D eigenvalue weighted by atomic mass is 9.71. The molecule has 0 unspecified atom stereocenters. The monoisotopic (exact) mass is 438 g/mol. The number of ether oxygens (including phenoxy) is 2. The quantitative estimate of drug-likeness (QED) is 0.411. The third-order valence-electron chi connectivity index (χ3n) is 6.65. The maximum absolute atomic E-state index is 12.6. The lowest BCUT2D eigenvalue weighted by Crippen LogP contribution is -2.50. The molecule has 0 atom stereocenters. The van der Waals surface area contributed by atoms with Crippen LogP contribution in [0.15, 0.2) is 0 Å². The average molecular weight is 439 g/mol. The van der Waals surface area contributed by atoms with E-state index in [1.54, 1.807) is 0 Å². The molecule has 1 spiro atoms. The van der Waals surface area contributed by atoms with Crippen LogP contribution in [-0.2, 0) is 19.1 Å². The molecule has 0 aromatic heterocycles.